The van der Waals surface area contributed by atoms with E-state index in [0.29, 0.717) is 30.9 Å². The van der Waals surface area contributed by atoms with E-state index in [1.165, 1.54) is 0 Å². The van der Waals surface area contributed by atoms with Gasteiger partial charge >= 0.3 is 0 Å². The van der Waals surface area contributed by atoms with Crippen LogP contribution >= 0.6 is 0 Å². The van der Waals surface area contributed by atoms with Gasteiger partial charge in [-0.2, -0.15) is 0 Å². The smallest absolute Gasteiger partial charge is 0.163 e. The van der Waals surface area contributed by atoms with E-state index in [1.807, 2.05) is 68.4 Å². The van der Waals surface area contributed by atoms with Crippen LogP contribution in [-0.2, 0) is 4.79 Å². The molecule has 1 aliphatic heterocycles. The minimum atomic E-state index is -0.340. The summed E-state index contributed by atoms with van der Waals surface area (Å²) < 4.78 is 17.2. The number of benzene rings is 2. The number of aryl methyl sites for hydroxylation is 1. The van der Waals surface area contributed by atoms with Crippen molar-refractivity contribution in [1.29, 1.82) is 0 Å². The number of ketones is 1. The third-order valence-corrected chi connectivity index (χ3v) is 6.31. The highest BCUT2D eigenvalue weighted by molar-refractivity contribution is 6.01. The molecule has 0 saturated heterocycles. The number of ether oxygens (including phenoxy) is 2. The van der Waals surface area contributed by atoms with E-state index < -0.39 is 0 Å². The van der Waals surface area contributed by atoms with Crippen molar-refractivity contribution >= 4 is 17.2 Å². The van der Waals surface area contributed by atoms with Gasteiger partial charge in [-0.3, -0.25) is 4.79 Å². The van der Waals surface area contributed by atoms with Crippen LogP contribution in [-0.4, -0.2) is 19.5 Å². The van der Waals surface area contributed by atoms with Crippen molar-refractivity contribution in [3.63, 3.8) is 0 Å². The maximum atomic E-state index is 13.6. The summed E-state index contributed by atoms with van der Waals surface area (Å²) in [6, 6.07) is 17.5. The topological polar surface area (TPSA) is 72.7 Å². The zero-order valence-electron chi connectivity index (χ0n) is 19.1. The summed E-state index contributed by atoms with van der Waals surface area (Å²) in [6.45, 7) is 4.43. The first kappa shape index (κ1) is 21.2. The number of Topliss-reactive ketones (excluding diaryl/α,β-unsaturated/α-hetero) is 1. The second-order valence-electron chi connectivity index (χ2n) is 8.46. The van der Waals surface area contributed by atoms with E-state index in [0.717, 1.165) is 39.7 Å². The SMILES string of the molecule is CCOc1ccc(C2CC(=O)C3=C(C2)Nc2ccccc2NC3c2ccc(C)o2)cc1OC. The molecule has 2 heterocycles. The Morgan fingerprint density at radius 2 is 1.85 bits per heavy atom. The van der Waals surface area contributed by atoms with E-state index >= 15 is 0 Å². The number of furan rings is 1. The fourth-order valence-corrected chi connectivity index (χ4v) is 4.76. The van der Waals surface area contributed by atoms with Gasteiger partial charge in [0.05, 0.1) is 25.1 Å². The molecule has 6 heteroatoms. The Balaban J connectivity index is 1.55. The Labute approximate surface area is 193 Å². The second kappa shape index (κ2) is 8.70. The van der Waals surface area contributed by atoms with Gasteiger partial charge in [0.25, 0.3) is 0 Å². The van der Waals surface area contributed by atoms with Crippen molar-refractivity contribution in [2.24, 2.45) is 0 Å². The predicted molar refractivity (Wildman–Crippen MR) is 128 cm³/mol. The number of anilines is 2. The Bertz CT molecular complexity index is 1230. The van der Waals surface area contributed by atoms with Gasteiger partial charge in [0.1, 0.15) is 17.6 Å². The van der Waals surface area contributed by atoms with Gasteiger partial charge in [0, 0.05) is 17.7 Å². The molecule has 0 amide bonds. The number of allylic oxidation sites excluding steroid dienone is 1. The number of hydrogen-bond acceptors (Lipinski definition) is 6. The highest BCUT2D eigenvalue weighted by Gasteiger charge is 2.37. The van der Waals surface area contributed by atoms with Crippen molar-refractivity contribution in [2.75, 3.05) is 24.4 Å². The van der Waals surface area contributed by atoms with E-state index in [9.17, 15) is 4.79 Å². The van der Waals surface area contributed by atoms with E-state index in [4.69, 9.17) is 13.9 Å². The Kier molecular flexibility index (Phi) is 5.58. The Hall–Kier alpha value is -3.67. The number of fused-ring (bicyclic) bond motifs is 1. The lowest BCUT2D eigenvalue weighted by molar-refractivity contribution is -0.116. The van der Waals surface area contributed by atoms with Crippen LogP contribution in [0.25, 0.3) is 0 Å². The summed E-state index contributed by atoms with van der Waals surface area (Å²) >= 11 is 0. The van der Waals surface area contributed by atoms with Gasteiger partial charge in [-0.05, 0) is 68.1 Å². The number of carbonyl (C=O) groups excluding carboxylic acids is 1. The number of hydrogen-bond donors (Lipinski definition) is 2. The molecule has 1 aromatic heterocycles. The molecule has 3 aromatic rings. The molecule has 0 spiro atoms. The first-order chi connectivity index (χ1) is 16.1. The molecule has 6 nitrogen and oxygen atoms in total. The molecule has 1 aliphatic carbocycles. The van der Waals surface area contributed by atoms with Gasteiger partial charge < -0.3 is 24.5 Å². The molecule has 0 bridgehead atoms. The number of carbonyl (C=O) groups is 1. The van der Waals surface area contributed by atoms with Gasteiger partial charge in [0.15, 0.2) is 17.3 Å². The lowest BCUT2D eigenvalue weighted by Gasteiger charge is -2.29. The summed E-state index contributed by atoms with van der Waals surface area (Å²) in [5.74, 6) is 3.12. The first-order valence-electron chi connectivity index (χ1n) is 11.3. The standard InChI is InChI=1S/C27H28N2O4/c1-4-32-23-12-10-17(15-25(23)31-3)18-13-21-26(22(30)14-18)27(24-11-9-16(2)33-24)29-20-8-6-5-7-19(20)28-21/h5-12,15,18,27-29H,4,13-14H2,1-3H3. The molecule has 2 aliphatic rings. The molecule has 2 unspecified atom stereocenters. The summed E-state index contributed by atoms with van der Waals surface area (Å²) in [6.07, 6.45) is 1.14. The molecule has 170 valence electrons. The number of nitrogens with one attached hydrogen (secondary N) is 2. The Morgan fingerprint density at radius 3 is 2.58 bits per heavy atom. The molecule has 5 rings (SSSR count). The maximum Gasteiger partial charge on any atom is 0.163 e. The second-order valence-corrected chi connectivity index (χ2v) is 8.46. The zero-order valence-corrected chi connectivity index (χ0v) is 19.1. The van der Waals surface area contributed by atoms with Crippen molar-refractivity contribution < 1.29 is 18.7 Å². The maximum absolute atomic E-state index is 13.6. The number of rotatable bonds is 5. The summed E-state index contributed by atoms with van der Waals surface area (Å²) in [7, 11) is 1.64. The summed E-state index contributed by atoms with van der Waals surface area (Å²) in [5.41, 5.74) is 4.63. The van der Waals surface area contributed by atoms with Crippen LogP contribution in [0.3, 0.4) is 0 Å². The normalized spacial score (nSPS) is 19.7. The monoisotopic (exact) mass is 444 g/mol. The van der Waals surface area contributed by atoms with Crippen LogP contribution in [0.5, 0.6) is 11.5 Å². The molecule has 2 N–H and O–H groups in total. The van der Waals surface area contributed by atoms with Gasteiger partial charge in [-0.15, -0.1) is 0 Å². The molecular weight excluding hydrogens is 416 g/mol. The lowest BCUT2D eigenvalue weighted by Crippen LogP contribution is -2.26. The fourth-order valence-electron chi connectivity index (χ4n) is 4.76. The molecule has 2 atom stereocenters. The quantitative estimate of drug-likeness (QED) is 0.505. The van der Waals surface area contributed by atoms with Crippen molar-refractivity contribution in [3.05, 3.63) is 83.0 Å². The van der Waals surface area contributed by atoms with Crippen LogP contribution in [0, 0.1) is 6.92 Å². The molecule has 0 saturated carbocycles. The van der Waals surface area contributed by atoms with Gasteiger partial charge in [-0.1, -0.05) is 18.2 Å². The van der Waals surface area contributed by atoms with E-state index in [2.05, 4.69) is 10.6 Å². The molecule has 0 radical (unpaired) electrons. The predicted octanol–water partition coefficient (Wildman–Crippen LogP) is 5.97. The lowest BCUT2D eigenvalue weighted by atomic mass is 9.79. The minimum Gasteiger partial charge on any atom is -0.493 e. The summed E-state index contributed by atoms with van der Waals surface area (Å²) in [4.78, 5) is 13.6. The van der Waals surface area contributed by atoms with Crippen molar-refractivity contribution in [2.45, 2.75) is 38.6 Å². The Morgan fingerprint density at radius 1 is 1.03 bits per heavy atom. The van der Waals surface area contributed by atoms with E-state index in [1.54, 1.807) is 7.11 Å². The van der Waals surface area contributed by atoms with Crippen LogP contribution in [0.2, 0.25) is 0 Å². The third-order valence-electron chi connectivity index (χ3n) is 6.31. The van der Waals surface area contributed by atoms with Gasteiger partial charge in [0.2, 0.25) is 0 Å². The molecular formula is C27H28N2O4. The molecule has 0 fully saturated rings. The average molecular weight is 445 g/mol. The average Bonchev–Trinajstić information content (AvgIpc) is 3.17. The zero-order chi connectivity index (χ0) is 22.9. The highest BCUT2D eigenvalue weighted by atomic mass is 16.5. The minimum absolute atomic E-state index is 0.0394. The molecule has 33 heavy (non-hydrogen) atoms. The van der Waals surface area contributed by atoms with Crippen LogP contribution in [0.4, 0.5) is 11.4 Å². The largest absolute Gasteiger partial charge is 0.493 e. The van der Waals surface area contributed by atoms with E-state index in [-0.39, 0.29) is 17.7 Å². The van der Waals surface area contributed by atoms with Crippen molar-refractivity contribution in [3.8, 4) is 11.5 Å². The third kappa shape index (κ3) is 3.97. The van der Waals surface area contributed by atoms with Crippen LogP contribution in [0.1, 0.15) is 48.8 Å². The van der Waals surface area contributed by atoms with Crippen molar-refractivity contribution in [1.82, 2.24) is 0 Å². The highest BCUT2D eigenvalue weighted by Crippen LogP contribution is 2.45. The van der Waals surface area contributed by atoms with Crippen LogP contribution in [0.15, 0.2) is 70.3 Å². The van der Waals surface area contributed by atoms with Crippen LogP contribution < -0.4 is 20.1 Å². The first-order valence-corrected chi connectivity index (χ1v) is 11.3. The fraction of sp³-hybridized carbons (Fsp3) is 0.296. The number of para-hydroxylation sites is 2. The van der Waals surface area contributed by atoms with Gasteiger partial charge in [-0.25, -0.2) is 0 Å². The number of methoxy groups -OCH3 is 1. The summed E-state index contributed by atoms with van der Waals surface area (Å²) in [5, 5.41) is 7.10. The molecule has 2 aromatic carbocycles.